The quantitative estimate of drug-likeness (QED) is 0.552. The van der Waals surface area contributed by atoms with E-state index in [1.807, 2.05) is 44.2 Å². The predicted octanol–water partition coefficient (Wildman–Crippen LogP) is 4.32. The number of amides is 1. The summed E-state index contributed by atoms with van der Waals surface area (Å²) in [4.78, 5) is 19.1. The largest absolute Gasteiger partial charge is 0.506 e. The molecule has 0 aliphatic heterocycles. The Morgan fingerprint density at radius 3 is 2.66 bits per heavy atom. The van der Waals surface area contributed by atoms with Crippen LogP contribution in [0.2, 0.25) is 0 Å². The minimum absolute atomic E-state index is 0.0357. The number of aromatic nitrogens is 2. The molecule has 4 rings (SSSR count). The molecule has 0 fully saturated rings. The number of nitrogens with zero attached hydrogens (tertiary/aromatic N) is 3. The summed E-state index contributed by atoms with van der Waals surface area (Å²) in [5.41, 5.74) is 4.51. The molecule has 146 valence electrons. The van der Waals surface area contributed by atoms with Crippen LogP contribution in [0.15, 0.2) is 65.3 Å². The number of carbonyl (C=O) groups is 1. The normalized spacial score (nSPS) is 11.0. The van der Waals surface area contributed by atoms with E-state index in [1.54, 1.807) is 30.5 Å². The van der Waals surface area contributed by atoms with Gasteiger partial charge in [-0.25, -0.2) is 0 Å². The van der Waals surface area contributed by atoms with E-state index in [2.05, 4.69) is 10.1 Å². The van der Waals surface area contributed by atoms with Gasteiger partial charge in [0.05, 0.1) is 24.3 Å². The van der Waals surface area contributed by atoms with Crippen molar-refractivity contribution in [1.82, 2.24) is 10.1 Å². The topological polar surface area (TPSA) is 79.5 Å². The van der Waals surface area contributed by atoms with Crippen LogP contribution in [0.25, 0.3) is 11.0 Å². The van der Waals surface area contributed by atoms with Gasteiger partial charge in [-0.15, -0.1) is 0 Å². The SMILES string of the molecule is Cc1cc(C)c2c(CC(=O)N(Cc3ccccn3)c3ccccc3O)noc2c1. The van der Waals surface area contributed by atoms with E-state index < -0.39 is 0 Å². The number of pyridine rings is 1. The molecule has 2 aromatic heterocycles. The molecule has 0 aliphatic rings. The summed E-state index contributed by atoms with van der Waals surface area (Å²) < 4.78 is 5.46. The number of phenolic OH excluding ortho intramolecular Hbond substituents is 1. The number of fused-ring (bicyclic) bond motifs is 1. The first-order valence-electron chi connectivity index (χ1n) is 9.36. The lowest BCUT2D eigenvalue weighted by molar-refractivity contribution is -0.118. The zero-order valence-electron chi connectivity index (χ0n) is 16.3. The molecule has 1 N–H and O–H groups in total. The Balaban J connectivity index is 1.70. The van der Waals surface area contributed by atoms with Gasteiger partial charge in [-0.1, -0.05) is 29.4 Å². The highest BCUT2D eigenvalue weighted by Gasteiger charge is 2.23. The Morgan fingerprint density at radius 1 is 1.10 bits per heavy atom. The molecule has 0 spiro atoms. The third kappa shape index (κ3) is 3.82. The number of rotatable bonds is 5. The summed E-state index contributed by atoms with van der Waals surface area (Å²) in [5.74, 6) is -0.166. The van der Waals surface area contributed by atoms with Gasteiger partial charge in [0.1, 0.15) is 11.4 Å². The summed E-state index contributed by atoms with van der Waals surface area (Å²) in [6.07, 6.45) is 1.73. The van der Waals surface area contributed by atoms with Crippen LogP contribution in [0.1, 0.15) is 22.5 Å². The molecule has 29 heavy (non-hydrogen) atoms. The summed E-state index contributed by atoms with van der Waals surface area (Å²) in [7, 11) is 0. The second-order valence-corrected chi connectivity index (χ2v) is 7.05. The van der Waals surface area contributed by atoms with Gasteiger partial charge < -0.3 is 14.5 Å². The fraction of sp³-hybridized carbons (Fsp3) is 0.174. The van der Waals surface area contributed by atoms with Crippen molar-refractivity contribution in [3.05, 3.63) is 83.3 Å². The van der Waals surface area contributed by atoms with E-state index >= 15 is 0 Å². The summed E-state index contributed by atoms with van der Waals surface area (Å²) in [6.45, 7) is 4.22. The number of para-hydroxylation sites is 2. The van der Waals surface area contributed by atoms with Crippen molar-refractivity contribution in [3.8, 4) is 5.75 Å². The van der Waals surface area contributed by atoms with Crippen molar-refractivity contribution in [2.75, 3.05) is 4.90 Å². The first-order chi connectivity index (χ1) is 14.0. The molecule has 6 nitrogen and oxygen atoms in total. The minimum Gasteiger partial charge on any atom is -0.506 e. The summed E-state index contributed by atoms with van der Waals surface area (Å²) >= 11 is 0. The van der Waals surface area contributed by atoms with Crippen LogP contribution in [-0.2, 0) is 17.8 Å². The zero-order chi connectivity index (χ0) is 20.4. The maximum absolute atomic E-state index is 13.3. The second kappa shape index (κ2) is 7.75. The lowest BCUT2D eigenvalue weighted by Crippen LogP contribution is -2.32. The number of aryl methyl sites for hydroxylation is 2. The Labute approximate surface area is 168 Å². The number of hydrogen-bond donors (Lipinski definition) is 1. The fourth-order valence-electron chi connectivity index (χ4n) is 3.53. The smallest absolute Gasteiger partial charge is 0.233 e. The Morgan fingerprint density at radius 2 is 1.90 bits per heavy atom. The minimum atomic E-state index is -0.202. The van der Waals surface area contributed by atoms with Gasteiger partial charge in [0.25, 0.3) is 0 Å². The van der Waals surface area contributed by atoms with E-state index in [0.717, 1.165) is 22.2 Å². The molecule has 0 unspecified atom stereocenters. The lowest BCUT2D eigenvalue weighted by atomic mass is 10.0. The number of benzene rings is 2. The summed E-state index contributed by atoms with van der Waals surface area (Å²) in [5, 5.41) is 15.3. The van der Waals surface area contributed by atoms with Gasteiger partial charge in [-0.05, 0) is 55.3 Å². The van der Waals surface area contributed by atoms with E-state index in [0.29, 0.717) is 17.0 Å². The van der Waals surface area contributed by atoms with Crippen LogP contribution in [0.3, 0.4) is 0 Å². The Bertz CT molecular complexity index is 1170. The van der Waals surface area contributed by atoms with Gasteiger partial charge in [0.2, 0.25) is 5.91 Å². The lowest BCUT2D eigenvalue weighted by Gasteiger charge is -2.23. The highest BCUT2D eigenvalue weighted by Crippen LogP contribution is 2.30. The van der Waals surface area contributed by atoms with Crippen molar-refractivity contribution in [2.45, 2.75) is 26.8 Å². The zero-order valence-corrected chi connectivity index (χ0v) is 16.3. The van der Waals surface area contributed by atoms with Crippen molar-refractivity contribution in [3.63, 3.8) is 0 Å². The maximum Gasteiger partial charge on any atom is 0.233 e. The number of anilines is 1. The Kier molecular flexibility index (Phi) is 4.99. The number of hydrogen-bond acceptors (Lipinski definition) is 5. The third-order valence-corrected chi connectivity index (χ3v) is 4.82. The van der Waals surface area contributed by atoms with Gasteiger partial charge in [-0.3, -0.25) is 9.78 Å². The molecule has 4 aromatic rings. The molecule has 0 bridgehead atoms. The highest BCUT2D eigenvalue weighted by molar-refractivity contribution is 5.98. The van der Waals surface area contributed by atoms with Crippen LogP contribution in [-0.4, -0.2) is 21.2 Å². The maximum atomic E-state index is 13.3. The van der Waals surface area contributed by atoms with Crippen molar-refractivity contribution in [1.29, 1.82) is 0 Å². The molecule has 0 saturated carbocycles. The summed E-state index contributed by atoms with van der Waals surface area (Å²) in [6, 6.07) is 16.3. The molecule has 2 heterocycles. The highest BCUT2D eigenvalue weighted by atomic mass is 16.5. The van der Waals surface area contributed by atoms with Crippen molar-refractivity contribution >= 4 is 22.6 Å². The van der Waals surface area contributed by atoms with Gasteiger partial charge in [0.15, 0.2) is 5.58 Å². The van der Waals surface area contributed by atoms with Crippen molar-refractivity contribution < 1.29 is 14.4 Å². The average Bonchev–Trinajstić information content (AvgIpc) is 3.10. The number of aromatic hydroxyl groups is 1. The second-order valence-electron chi connectivity index (χ2n) is 7.05. The molecular weight excluding hydrogens is 366 g/mol. The number of carbonyl (C=O) groups excluding carboxylic acids is 1. The average molecular weight is 387 g/mol. The Hall–Kier alpha value is -3.67. The number of phenols is 1. The molecule has 0 radical (unpaired) electrons. The molecule has 1 amide bonds. The van der Waals surface area contributed by atoms with Crippen LogP contribution in [0.5, 0.6) is 5.75 Å². The van der Waals surface area contributed by atoms with Gasteiger partial charge in [-0.2, -0.15) is 0 Å². The molecule has 0 saturated heterocycles. The van der Waals surface area contributed by atoms with Crippen LogP contribution < -0.4 is 4.90 Å². The molecule has 0 aliphatic carbocycles. The first kappa shape index (κ1) is 18.7. The standard InChI is InChI=1S/C23H21N3O3/c1-15-11-16(2)23-18(25-29-21(23)12-15)13-22(28)26(14-17-7-5-6-10-24-17)19-8-3-4-9-20(19)27/h3-12,27H,13-14H2,1-2H3. The molecule has 0 atom stereocenters. The van der Waals surface area contributed by atoms with Crippen LogP contribution in [0, 0.1) is 13.8 Å². The van der Waals surface area contributed by atoms with Crippen molar-refractivity contribution in [2.24, 2.45) is 0 Å². The molecular formula is C23H21N3O3. The van der Waals surface area contributed by atoms with Crippen LogP contribution in [0.4, 0.5) is 5.69 Å². The third-order valence-electron chi connectivity index (χ3n) is 4.82. The predicted molar refractivity (Wildman–Crippen MR) is 111 cm³/mol. The van der Waals surface area contributed by atoms with Crippen LogP contribution >= 0.6 is 0 Å². The molecule has 6 heteroatoms. The first-order valence-corrected chi connectivity index (χ1v) is 9.36. The van der Waals surface area contributed by atoms with Gasteiger partial charge >= 0.3 is 0 Å². The monoisotopic (exact) mass is 387 g/mol. The van der Waals surface area contributed by atoms with E-state index in [4.69, 9.17) is 4.52 Å². The fourth-order valence-corrected chi connectivity index (χ4v) is 3.53. The van der Waals surface area contributed by atoms with Gasteiger partial charge in [0, 0.05) is 11.6 Å². The molecule has 2 aromatic carbocycles. The van der Waals surface area contributed by atoms with E-state index in [9.17, 15) is 9.90 Å². The van der Waals surface area contributed by atoms with E-state index in [-0.39, 0.29) is 24.6 Å². The van der Waals surface area contributed by atoms with E-state index in [1.165, 1.54) is 4.90 Å².